The van der Waals surface area contributed by atoms with Gasteiger partial charge < -0.3 is 9.80 Å². The summed E-state index contributed by atoms with van der Waals surface area (Å²) >= 11 is 0. The van der Waals surface area contributed by atoms with Crippen molar-refractivity contribution in [2.45, 2.75) is 112 Å². The van der Waals surface area contributed by atoms with Crippen molar-refractivity contribution in [3.8, 4) is 33.4 Å². The Morgan fingerprint density at radius 1 is 0.406 bits per heavy atom. The van der Waals surface area contributed by atoms with E-state index in [4.69, 9.17) is 0 Å². The summed E-state index contributed by atoms with van der Waals surface area (Å²) in [4.78, 5) is 5.25. The maximum atomic E-state index is 2.65. The van der Waals surface area contributed by atoms with Crippen molar-refractivity contribution in [2.24, 2.45) is 5.41 Å². The Morgan fingerprint density at radius 2 is 0.928 bits per heavy atom. The second kappa shape index (κ2) is 16.0. The van der Waals surface area contributed by atoms with Crippen LogP contribution in [0.4, 0.5) is 34.1 Å². The molecule has 2 nitrogen and oxygen atoms in total. The maximum absolute atomic E-state index is 2.65. The molecule has 3 aliphatic rings. The van der Waals surface area contributed by atoms with Gasteiger partial charge in [0.25, 0.3) is 6.71 Å². The molecule has 69 heavy (non-hydrogen) atoms. The molecular formula is C66H67BN2. The summed E-state index contributed by atoms with van der Waals surface area (Å²) in [5.74, 6) is 0. The third-order valence-corrected chi connectivity index (χ3v) is 15.3. The number of hydrogen-bond donors (Lipinski definition) is 0. The van der Waals surface area contributed by atoms with Gasteiger partial charge in [-0.1, -0.05) is 191 Å². The van der Waals surface area contributed by atoms with E-state index in [9.17, 15) is 0 Å². The number of benzene rings is 8. The standard InChI is InChI=1S/C66H67BN2/c1-42-33-60-62-61(34-42)69(57-32-30-52(65(8,9)10)39-54(57)45-17-14-13-15-18-45)59-38-49-41-66(11,12)40-48(49)36-56(59)67(62)55-31-25-47(44-23-28-51(29-24-44)64(5,6)7)37-58(55)68(60)53-20-16-19-46(35-53)43-21-26-50(27-22-43)63(2,3)4/h13-39H,40-41H2,1-12H3. The molecule has 0 radical (unpaired) electrons. The van der Waals surface area contributed by atoms with E-state index in [-0.39, 0.29) is 28.4 Å². The molecule has 2 aliphatic heterocycles. The Morgan fingerprint density at radius 3 is 1.54 bits per heavy atom. The van der Waals surface area contributed by atoms with E-state index in [0.717, 1.165) is 18.5 Å². The molecule has 0 unspecified atom stereocenters. The highest BCUT2D eigenvalue weighted by Gasteiger charge is 2.45. The highest BCUT2D eigenvalue weighted by atomic mass is 15.2. The van der Waals surface area contributed by atoms with E-state index in [1.165, 1.54) is 112 Å². The van der Waals surface area contributed by atoms with Gasteiger partial charge in [-0.3, -0.25) is 0 Å². The first-order chi connectivity index (χ1) is 32.7. The predicted molar refractivity (Wildman–Crippen MR) is 299 cm³/mol. The average Bonchev–Trinajstić information content (AvgIpc) is 3.62. The van der Waals surface area contributed by atoms with Crippen LogP contribution in [0.1, 0.15) is 110 Å². The predicted octanol–water partition coefficient (Wildman–Crippen LogP) is 16.1. The maximum Gasteiger partial charge on any atom is 0.252 e. The van der Waals surface area contributed by atoms with Crippen LogP contribution in [0.15, 0.2) is 164 Å². The van der Waals surface area contributed by atoms with Crippen LogP contribution in [0.3, 0.4) is 0 Å². The van der Waals surface area contributed by atoms with Crippen LogP contribution in [0, 0.1) is 12.3 Å². The van der Waals surface area contributed by atoms with Crippen LogP contribution in [-0.4, -0.2) is 6.71 Å². The molecule has 0 atom stereocenters. The smallest absolute Gasteiger partial charge is 0.252 e. The third kappa shape index (κ3) is 7.93. The van der Waals surface area contributed by atoms with Gasteiger partial charge in [0, 0.05) is 34.0 Å². The van der Waals surface area contributed by atoms with Crippen molar-refractivity contribution in [1.82, 2.24) is 0 Å². The van der Waals surface area contributed by atoms with Crippen molar-refractivity contribution in [2.75, 3.05) is 9.80 Å². The van der Waals surface area contributed by atoms with Gasteiger partial charge in [0.15, 0.2) is 0 Å². The van der Waals surface area contributed by atoms with Gasteiger partial charge in [-0.05, 0) is 168 Å². The molecule has 2 heterocycles. The molecule has 0 fully saturated rings. The van der Waals surface area contributed by atoms with E-state index >= 15 is 0 Å². The second-order valence-corrected chi connectivity index (χ2v) is 24.3. The van der Waals surface area contributed by atoms with Crippen LogP contribution in [0.25, 0.3) is 33.4 Å². The minimum Gasteiger partial charge on any atom is -0.311 e. The summed E-state index contributed by atoms with van der Waals surface area (Å²) in [6.45, 7) is 27.9. The van der Waals surface area contributed by atoms with E-state index in [1.54, 1.807) is 0 Å². The zero-order valence-electron chi connectivity index (χ0n) is 43.0. The lowest BCUT2D eigenvalue weighted by Crippen LogP contribution is -2.61. The van der Waals surface area contributed by atoms with E-state index in [2.05, 4.69) is 257 Å². The van der Waals surface area contributed by atoms with E-state index in [1.807, 2.05) is 0 Å². The first kappa shape index (κ1) is 44.9. The summed E-state index contributed by atoms with van der Waals surface area (Å²) in [5.41, 5.74) is 27.5. The van der Waals surface area contributed by atoms with E-state index in [0.29, 0.717) is 0 Å². The molecule has 11 rings (SSSR count). The summed E-state index contributed by atoms with van der Waals surface area (Å²) in [7, 11) is 0. The fourth-order valence-corrected chi connectivity index (χ4v) is 11.6. The van der Waals surface area contributed by atoms with Crippen LogP contribution in [0.5, 0.6) is 0 Å². The van der Waals surface area contributed by atoms with Crippen LogP contribution in [0.2, 0.25) is 0 Å². The minimum absolute atomic E-state index is 0.0112. The minimum atomic E-state index is -0.0112. The molecule has 1 aliphatic carbocycles. The fraction of sp³-hybridized carbons (Fsp3) is 0.273. The normalized spacial score (nSPS) is 14.9. The highest BCUT2D eigenvalue weighted by Crippen LogP contribution is 2.50. The monoisotopic (exact) mass is 899 g/mol. The Labute approximate surface area is 413 Å². The number of nitrogens with zero attached hydrogens (tertiary/aromatic N) is 2. The van der Waals surface area contributed by atoms with Crippen LogP contribution >= 0.6 is 0 Å². The Kier molecular flexibility index (Phi) is 10.4. The van der Waals surface area contributed by atoms with E-state index < -0.39 is 0 Å². The lowest BCUT2D eigenvalue weighted by Gasteiger charge is -2.45. The van der Waals surface area contributed by atoms with Gasteiger partial charge in [0.2, 0.25) is 0 Å². The second-order valence-electron chi connectivity index (χ2n) is 24.3. The van der Waals surface area contributed by atoms with Crippen LogP contribution < -0.4 is 26.2 Å². The number of aryl methyl sites for hydroxylation is 1. The van der Waals surface area contributed by atoms with Crippen LogP contribution in [-0.2, 0) is 29.1 Å². The molecule has 8 aromatic rings. The lowest BCUT2D eigenvalue weighted by molar-refractivity contribution is 0.392. The van der Waals surface area contributed by atoms with Gasteiger partial charge in [-0.25, -0.2) is 0 Å². The highest BCUT2D eigenvalue weighted by molar-refractivity contribution is 7.00. The quantitative estimate of drug-likeness (QED) is 0.159. The summed E-state index contributed by atoms with van der Waals surface area (Å²) in [5, 5.41) is 0. The molecule has 344 valence electrons. The molecule has 0 N–H and O–H groups in total. The average molecular weight is 899 g/mol. The van der Waals surface area contributed by atoms with Gasteiger partial charge in [-0.15, -0.1) is 0 Å². The van der Waals surface area contributed by atoms with Gasteiger partial charge >= 0.3 is 0 Å². The zero-order valence-corrected chi connectivity index (χ0v) is 43.0. The molecule has 3 heteroatoms. The summed E-state index contributed by atoms with van der Waals surface area (Å²) < 4.78 is 0. The molecule has 0 saturated heterocycles. The van der Waals surface area contributed by atoms with Crippen molar-refractivity contribution in [3.63, 3.8) is 0 Å². The molecule has 0 saturated carbocycles. The zero-order chi connectivity index (χ0) is 48.4. The van der Waals surface area contributed by atoms with Crippen molar-refractivity contribution < 1.29 is 0 Å². The van der Waals surface area contributed by atoms with Gasteiger partial charge in [-0.2, -0.15) is 0 Å². The summed E-state index contributed by atoms with van der Waals surface area (Å²) in [6, 6.07) is 63.5. The number of fused-ring (bicyclic) bond motifs is 5. The third-order valence-electron chi connectivity index (χ3n) is 15.3. The molecule has 8 aromatic carbocycles. The van der Waals surface area contributed by atoms with Gasteiger partial charge in [0.1, 0.15) is 0 Å². The number of anilines is 6. The molecular weight excluding hydrogens is 832 g/mol. The Hall–Kier alpha value is -6.58. The molecule has 0 amide bonds. The topological polar surface area (TPSA) is 6.48 Å². The summed E-state index contributed by atoms with van der Waals surface area (Å²) in [6.07, 6.45) is 2.16. The molecule has 0 aromatic heterocycles. The first-order valence-corrected chi connectivity index (χ1v) is 25.3. The fourth-order valence-electron chi connectivity index (χ4n) is 11.6. The number of hydrogen-bond acceptors (Lipinski definition) is 2. The van der Waals surface area contributed by atoms with Crippen molar-refractivity contribution >= 4 is 57.2 Å². The Bertz CT molecular complexity index is 3300. The lowest BCUT2D eigenvalue weighted by atomic mass is 9.33. The first-order valence-electron chi connectivity index (χ1n) is 25.3. The molecule has 0 spiro atoms. The number of rotatable bonds is 5. The van der Waals surface area contributed by atoms with Crippen molar-refractivity contribution in [3.05, 3.63) is 197 Å². The SMILES string of the molecule is Cc1cc2c3c(c1)N(c1ccc(C(C)(C)C)cc1-c1ccccc1)c1cc4c(cc1B3c1ccc(-c3ccc(C(C)(C)C)cc3)cc1N2c1cccc(-c2ccc(C(C)(C)C)cc2)c1)CC(C)(C)C4. The van der Waals surface area contributed by atoms with Crippen molar-refractivity contribution in [1.29, 1.82) is 0 Å². The Balaban J connectivity index is 1.19. The molecule has 0 bridgehead atoms. The largest absolute Gasteiger partial charge is 0.311 e. The van der Waals surface area contributed by atoms with Gasteiger partial charge in [0.05, 0.1) is 5.69 Å².